The quantitative estimate of drug-likeness (QED) is 0.203. The largest absolute Gasteiger partial charge is 0.490 e. The van der Waals surface area contributed by atoms with E-state index in [4.69, 9.17) is 19.6 Å². The van der Waals surface area contributed by atoms with Crippen LogP contribution in [-0.4, -0.2) is 53.0 Å². The van der Waals surface area contributed by atoms with Crippen LogP contribution in [0, 0.1) is 5.41 Å². The van der Waals surface area contributed by atoms with Gasteiger partial charge in [-0.15, -0.1) is 0 Å². The lowest BCUT2D eigenvalue weighted by molar-refractivity contribution is -0.114. The van der Waals surface area contributed by atoms with Gasteiger partial charge in [-0.05, 0) is 73.0 Å². The maximum absolute atomic E-state index is 13.1. The number of rotatable bonds is 13. The molecule has 2 aliphatic rings. The van der Waals surface area contributed by atoms with E-state index in [-0.39, 0.29) is 29.1 Å². The molecule has 8 nitrogen and oxygen atoms in total. The first-order valence-corrected chi connectivity index (χ1v) is 14.2. The Hall–Kier alpha value is -3.80. The number of hydrogen-bond donors (Lipinski definition) is 1. The Kier molecular flexibility index (Phi) is 10.1. The summed E-state index contributed by atoms with van der Waals surface area (Å²) in [5.41, 5.74) is 1.57. The lowest BCUT2D eigenvalue weighted by Crippen LogP contribution is -2.35. The van der Waals surface area contributed by atoms with E-state index in [1.54, 1.807) is 18.2 Å². The minimum Gasteiger partial charge on any atom is -0.490 e. The molecule has 0 atom stereocenters. The van der Waals surface area contributed by atoms with Gasteiger partial charge in [-0.3, -0.25) is 10.2 Å². The molecule has 41 heavy (non-hydrogen) atoms. The summed E-state index contributed by atoms with van der Waals surface area (Å²) in [7, 11) is 0. The number of alkyl halides is 3. The third-order valence-corrected chi connectivity index (χ3v) is 7.08. The first-order chi connectivity index (χ1) is 19.7. The predicted molar refractivity (Wildman–Crippen MR) is 154 cm³/mol. The predicted octanol–water partition coefficient (Wildman–Crippen LogP) is 6.85. The molecule has 0 spiro atoms. The number of ether oxygens (including phenoxy) is 3. The lowest BCUT2D eigenvalue weighted by Gasteiger charge is -2.20. The molecule has 0 bridgehead atoms. The smallest absolute Gasteiger partial charge is 0.441 e. The van der Waals surface area contributed by atoms with Crippen LogP contribution >= 0.6 is 11.8 Å². The Bertz CT molecular complexity index is 1360. The molecule has 0 aromatic heterocycles. The van der Waals surface area contributed by atoms with Crippen molar-refractivity contribution in [2.75, 3.05) is 19.8 Å². The van der Waals surface area contributed by atoms with Gasteiger partial charge in [0.2, 0.25) is 10.2 Å². The van der Waals surface area contributed by atoms with Gasteiger partial charge in [-0.1, -0.05) is 44.4 Å². The van der Waals surface area contributed by atoms with E-state index < -0.39 is 23.0 Å². The number of benzene rings is 2. The fourth-order valence-electron chi connectivity index (χ4n) is 4.09. The number of aryl methyl sites for hydroxylation is 1. The highest BCUT2D eigenvalue weighted by Gasteiger charge is 2.46. The van der Waals surface area contributed by atoms with Gasteiger partial charge in [0, 0.05) is 0 Å². The molecule has 0 fully saturated rings. The number of fused-ring (bicyclic) bond motifs is 1. The molecular weight excluding hydrogens is 557 g/mol. The second-order valence-electron chi connectivity index (χ2n) is 9.21. The van der Waals surface area contributed by atoms with Crippen LogP contribution in [0.1, 0.15) is 50.7 Å². The van der Waals surface area contributed by atoms with E-state index in [0.717, 1.165) is 12.2 Å². The number of nitrogens with one attached hydrogen (secondary N) is 1. The summed E-state index contributed by atoms with van der Waals surface area (Å²) in [5, 5.41) is 10.9. The maximum Gasteiger partial charge on any atom is 0.441 e. The number of amidine groups is 2. The number of amides is 1. The summed E-state index contributed by atoms with van der Waals surface area (Å²) in [6.45, 7) is 4.93. The molecule has 0 unspecified atom stereocenters. The molecule has 218 valence electrons. The van der Waals surface area contributed by atoms with Crippen molar-refractivity contribution in [2.45, 2.75) is 52.1 Å². The number of thioether (sulfide) groups is 1. The van der Waals surface area contributed by atoms with Gasteiger partial charge < -0.3 is 14.2 Å². The second-order valence-corrected chi connectivity index (χ2v) is 10.2. The van der Waals surface area contributed by atoms with Gasteiger partial charge in [0.15, 0.2) is 17.3 Å². The molecular formula is C29H31F3N4O4S. The highest BCUT2D eigenvalue weighted by molar-refractivity contribution is 8.27. The normalized spacial score (nSPS) is 16.0. The Morgan fingerprint density at radius 2 is 1.73 bits per heavy atom. The van der Waals surface area contributed by atoms with Gasteiger partial charge in [-0.2, -0.15) is 28.3 Å². The topological polar surface area (TPSA) is 96.6 Å². The van der Waals surface area contributed by atoms with E-state index in [2.05, 4.69) is 29.2 Å². The number of hydrazone groups is 1. The van der Waals surface area contributed by atoms with Gasteiger partial charge in [0.05, 0.1) is 12.2 Å². The van der Waals surface area contributed by atoms with Crippen molar-refractivity contribution in [3.63, 3.8) is 0 Å². The third kappa shape index (κ3) is 7.90. The van der Waals surface area contributed by atoms with Crippen LogP contribution in [0.3, 0.4) is 0 Å². The highest BCUT2D eigenvalue weighted by Crippen LogP contribution is 2.36. The standard InChI is InChI=1S/C29H31F3N4O4S/c1-3-5-6-7-8-19-9-12-21(13-10-19)39-15-16-40-23-14-11-20(18-24(23)38-4-2)17-22-25(33)36-28(34-26(22)37)41-27(35-36)29(30,31)32/h9-14,17-18,33H,3-8,15-16H2,1-2H3/b22-17-,33-25?. The van der Waals surface area contributed by atoms with Crippen LogP contribution < -0.4 is 14.2 Å². The van der Waals surface area contributed by atoms with Crippen molar-refractivity contribution in [1.29, 1.82) is 5.41 Å². The molecule has 1 N–H and O–H groups in total. The summed E-state index contributed by atoms with van der Waals surface area (Å²) >= 11 is 0.206. The van der Waals surface area contributed by atoms with Gasteiger partial charge in [0.1, 0.15) is 19.0 Å². The number of halogens is 3. The van der Waals surface area contributed by atoms with Crippen molar-refractivity contribution >= 4 is 39.8 Å². The summed E-state index contributed by atoms with van der Waals surface area (Å²) in [6, 6.07) is 13.0. The SMILES string of the molecule is CCCCCCc1ccc(OCCOc2ccc(/C=C3/C(=N)N4N=C(C(F)(F)F)SC4=NC3=O)cc2OCC)cc1. The zero-order chi connectivity index (χ0) is 29.4. The summed E-state index contributed by atoms with van der Waals surface area (Å²) in [5.74, 6) is 0.300. The van der Waals surface area contributed by atoms with E-state index in [1.165, 1.54) is 37.3 Å². The molecule has 2 aliphatic heterocycles. The molecule has 4 rings (SSSR count). The second kappa shape index (κ2) is 13.7. The molecule has 0 radical (unpaired) electrons. The van der Waals surface area contributed by atoms with Crippen molar-refractivity contribution in [1.82, 2.24) is 5.01 Å². The third-order valence-electron chi connectivity index (χ3n) is 6.13. The average molecular weight is 589 g/mol. The van der Waals surface area contributed by atoms with Crippen LogP contribution in [0.25, 0.3) is 6.08 Å². The van der Waals surface area contributed by atoms with E-state index in [9.17, 15) is 18.0 Å². The monoisotopic (exact) mass is 588 g/mol. The van der Waals surface area contributed by atoms with Crippen molar-refractivity contribution in [3.05, 3.63) is 59.2 Å². The van der Waals surface area contributed by atoms with Gasteiger partial charge >= 0.3 is 6.18 Å². The van der Waals surface area contributed by atoms with Crippen LogP contribution in [0.2, 0.25) is 0 Å². The molecule has 1 amide bonds. The van der Waals surface area contributed by atoms with Crippen molar-refractivity contribution < 1.29 is 32.2 Å². The number of nitrogens with zero attached hydrogens (tertiary/aromatic N) is 3. The average Bonchev–Trinajstić information content (AvgIpc) is 3.38. The van der Waals surface area contributed by atoms with E-state index in [1.807, 2.05) is 19.1 Å². The van der Waals surface area contributed by atoms with Crippen LogP contribution in [0.5, 0.6) is 17.2 Å². The zero-order valence-electron chi connectivity index (χ0n) is 22.8. The lowest BCUT2D eigenvalue weighted by atomic mass is 10.1. The number of unbranched alkanes of at least 4 members (excludes halogenated alkanes) is 3. The number of carbonyl (C=O) groups excluding carboxylic acids is 1. The maximum atomic E-state index is 13.1. The summed E-state index contributed by atoms with van der Waals surface area (Å²) in [6.07, 6.45) is 2.62. The first-order valence-electron chi connectivity index (χ1n) is 13.4. The Balaban J connectivity index is 1.36. The number of aliphatic imine (C=N–C) groups is 1. The molecule has 0 saturated heterocycles. The van der Waals surface area contributed by atoms with Crippen LogP contribution in [0.4, 0.5) is 13.2 Å². The minimum atomic E-state index is -4.71. The minimum absolute atomic E-state index is 0.196. The van der Waals surface area contributed by atoms with E-state index >= 15 is 0 Å². The molecule has 12 heteroatoms. The molecule has 2 aromatic rings. The molecule has 2 heterocycles. The molecule has 0 saturated carbocycles. The zero-order valence-corrected chi connectivity index (χ0v) is 23.6. The van der Waals surface area contributed by atoms with Crippen molar-refractivity contribution in [3.8, 4) is 17.2 Å². The summed E-state index contributed by atoms with van der Waals surface area (Å²) < 4.78 is 56.5. The Labute approximate surface area is 240 Å². The Morgan fingerprint density at radius 3 is 2.44 bits per heavy atom. The first kappa shape index (κ1) is 30.2. The van der Waals surface area contributed by atoms with Gasteiger partial charge in [0.25, 0.3) is 5.91 Å². The Morgan fingerprint density at radius 1 is 0.976 bits per heavy atom. The fraction of sp³-hybridized carbons (Fsp3) is 0.379. The van der Waals surface area contributed by atoms with Crippen molar-refractivity contribution in [2.24, 2.45) is 10.1 Å². The summed E-state index contributed by atoms with van der Waals surface area (Å²) in [4.78, 5) is 16.2. The number of hydrogen-bond acceptors (Lipinski definition) is 7. The van der Waals surface area contributed by atoms with Gasteiger partial charge in [-0.25, -0.2) is 0 Å². The van der Waals surface area contributed by atoms with E-state index in [0.29, 0.717) is 35.3 Å². The van der Waals surface area contributed by atoms with Crippen LogP contribution in [0.15, 0.2) is 58.1 Å². The van der Waals surface area contributed by atoms with Crippen LogP contribution in [-0.2, 0) is 11.2 Å². The fourth-order valence-corrected chi connectivity index (χ4v) is 4.85. The molecule has 2 aromatic carbocycles. The highest BCUT2D eigenvalue weighted by atomic mass is 32.2. The molecule has 0 aliphatic carbocycles. The number of carbonyl (C=O) groups is 1.